The maximum Gasteiger partial charge on any atom is 0.264 e. The topological polar surface area (TPSA) is 86.8 Å². The van der Waals surface area contributed by atoms with Gasteiger partial charge in [0.25, 0.3) is 10.0 Å². The number of hydrogen-bond acceptors (Lipinski definition) is 4. The van der Waals surface area contributed by atoms with Crippen molar-refractivity contribution < 1.29 is 18.0 Å². The van der Waals surface area contributed by atoms with Crippen molar-refractivity contribution in [2.24, 2.45) is 0 Å². The zero-order chi connectivity index (χ0) is 30.5. The Hall–Kier alpha value is -2.78. The summed E-state index contributed by atoms with van der Waals surface area (Å²) in [5, 5.41) is 3.87. The van der Waals surface area contributed by atoms with Gasteiger partial charge in [-0.25, -0.2) is 8.42 Å². The van der Waals surface area contributed by atoms with Crippen molar-refractivity contribution in [2.75, 3.05) is 10.8 Å². The molecular weight excluding hydrogens is 605 g/mol. The lowest BCUT2D eigenvalue weighted by atomic mass is 10.1. The van der Waals surface area contributed by atoms with Crippen molar-refractivity contribution in [3.05, 3.63) is 92.9 Å². The average Bonchev–Trinajstić information content (AvgIpc) is 2.87. The fraction of sp³-hybridized carbons (Fsp3) is 0.333. The molecule has 0 aliphatic heterocycles. The highest BCUT2D eigenvalue weighted by atomic mass is 35.5. The fourth-order valence-corrected chi connectivity index (χ4v) is 6.33. The van der Waals surface area contributed by atoms with Crippen molar-refractivity contribution in [3.63, 3.8) is 0 Å². The third-order valence-electron chi connectivity index (χ3n) is 6.26. The Morgan fingerprint density at radius 2 is 1.51 bits per heavy atom. The number of nitrogens with zero attached hydrogens (tertiary/aromatic N) is 2. The van der Waals surface area contributed by atoms with Crippen LogP contribution in [0.5, 0.6) is 0 Å². The summed E-state index contributed by atoms with van der Waals surface area (Å²) in [6, 6.07) is 16.6. The molecule has 0 aliphatic carbocycles. The van der Waals surface area contributed by atoms with E-state index >= 15 is 0 Å². The Kier molecular flexibility index (Phi) is 10.7. The van der Waals surface area contributed by atoms with Crippen LogP contribution in [0.15, 0.2) is 71.6 Å². The van der Waals surface area contributed by atoms with E-state index in [1.165, 1.54) is 23.1 Å². The number of hydrogen-bond donors (Lipinski definition) is 1. The van der Waals surface area contributed by atoms with Crippen LogP contribution in [-0.2, 0) is 26.2 Å². The highest BCUT2D eigenvalue weighted by Gasteiger charge is 2.35. The van der Waals surface area contributed by atoms with E-state index in [-0.39, 0.29) is 29.5 Å². The summed E-state index contributed by atoms with van der Waals surface area (Å²) < 4.78 is 28.9. The predicted octanol–water partition coefficient (Wildman–Crippen LogP) is 6.87. The third kappa shape index (κ3) is 8.38. The molecule has 0 unspecified atom stereocenters. The van der Waals surface area contributed by atoms with Crippen molar-refractivity contribution in [2.45, 2.75) is 64.1 Å². The van der Waals surface area contributed by atoms with Gasteiger partial charge in [-0.1, -0.05) is 71.6 Å². The molecule has 0 saturated heterocycles. The first-order valence-corrected chi connectivity index (χ1v) is 15.6. The van der Waals surface area contributed by atoms with Crippen molar-refractivity contribution in [1.29, 1.82) is 0 Å². The van der Waals surface area contributed by atoms with Crippen LogP contribution in [0, 0.1) is 6.92 Å². The molecule has 220 valence electrons. The average molecular weight is 639 g/mol. The normalized spacial score (nSPS) is 12.5. The molecule has 1 atom stereocenters. The molecule has 0 bridgehead atoms. The molecule has 7 nitrogen and oxygen atoms in total. The second-order valence-electron chi connectivity index (χ2n) is 10.7. The van der Waals surface area contributed by atoms with Crippen LogP contribution in [0.4, 0.5) is 5.69 Å². The van der Waals surface area contributed by atoms with E-state index in [9.17, 15) is 18.0 Å². The minimum atomic E-state index is -4.21. The maximum absolute atomic E-state index is 14.2. The predicted molar refractivity (Wildman–Crippen MR) is 166 cm³/mol. The van der Waals surface area contributed by atoms with Gasteiger partial charge in [-0.2, -0.15) is 0 Å². The molecule has 11 heteroatoms. The number of aryl methyl sites for hydroxylation is 1. The number of carbonyl (C=O) groups is 2. The Labute approximate surface area is 257 Å². The molecule has 0 fully saturated rings. The summed E-state index contributed by atoms with van der Waals surface area (Å²) >= 11 is 19.1. The van der Waals surface area contributed by atoms with E-state index in [4.69, 9.17) is 34.8 Å². The van der Waals surface area contributed by atoms with Crippen molar-refractivity contribution >= 4 is 62.3 Å². The lowest BCUT2D eigenvalue weighted by Crippen LogP contribution is -2.55. The zero-order valence-electron chi connectivity index (χ0n) is 23.6. The number of rotatable bonds is 10. The molecule has 3 aromatic rings. The molecule has 0 saturated carbocycles. The van der Waals surface area contributed by atoms with Gasteiger partial charge in [-0.15, -0.1) is 0 Å². The summed E-state index contributed by atoms with van der Waals surface area (Å²) in [5.74, 6) is -1.00. The minimum absolute atomic E-state index is 0.00842. The molecule has 3 aromatic carbocycles. The molecule has 1 N–H and O–H groups in total. The molecule has 3 rings (SSSR count). The Bertz CT molecular complexity index is 1490. The van der Waals surface area contributed by atoms with Crippen molar-refractivity contribution in [3.8, 4) is 0 Å². The van der Waals surface area contributed by atoms with Crippen LogP contribution in [0.25, 0.3) is 0 Å². The highest BCUT2D eigenvalue weighted by Crippen LogP contribution is 2.30. The second kappa shape index (κ2) is 13.5. The molecule has 0 aliphatic rings. The summed E-state index contributed by atoms with van der Waals surface area (Å²) in [6.07, 6.45) is 0.262. The van der Waals surface area contributed by atoms with Gasteiger partial charge in [-0.05, 0) is 76.6 Å². The highest BCUT2D eigenvalue weighted by molar-refractivity contribution is 7.92. The molecule has 0 heterocycles. The van der Waals surface area contributed by atoms with Crippen LogP contribution in [0.2, 0.25) is 15.1 Å². The van der Waals surface area contributed by atoms with Gasteiger partial charge in [0.05, 0.1) is 10.6 Å². The lowest BCUT2D eigenvalue weighted by molar-refractivity contribution is -0.141. The number of anilines is 1. The standard InChI is InChI=1S/C30H34Cl3N3O4S/c1-6-27(29(38)34-30(3,4)5)35(18-24-25(32)11-8-12-26(24)33)28(37)19-36(22-10-7-9-21(31)17-22)41(39,40)23-15-13-20(2)14-16-23/h7-17,27H,6,18-19H2,1-5H3,(H,34,38)/t27-/m1/s1. The molecule has 0 radical (unpaired) electrons. The zero-order valence-corrected chi connectivity index (χ0v) is 26.7. The van der Waals surface area contributed by atoms with Gasteiger partial charge in [0, 0.05) is 32.7 Å². The van der Waals surface area contributed by atoms with E-state index in [0.717, 1.165) is 9.87 Å². The van der Waals surface area contributed by atoms with Gasteiger partial charge in [0.1, 0.15) is 12.6 Å². The number of sulfonamides is 1. The first-order valence-electron chi connectivity index (χ1n) is 13.0. The van der Waals surface area contributed by atoms with Crippen LogP contribution >= 0.6 is 34.8 Å². The first-order chi connectivity index (χ1) is 19.1. The van der Waals surface area contributed by atoms with E-state index in [2.05, 4.69) is 5.32 Å². The van der Waals surface area contributed by atoms with Crippen molar-refractivity contribution in [1.82, 2.24) is 10.2 Å². The Balaban J connectivity index is 2.12. The van der Waals surface area contributed by atoms with Gasteiger partial charge in [-0.3, -0.25) is 13.9 Å². The fourth-order valence-electron chi connectivity index (χ4n) is 4.22. The smallest absolute Gasteiger partial charge is 0.264 e. The lowest BCUT2D eigenvalue weighted by Gasteiger charge is -2.35. The number of nitrogens with one attached hydrogen (secondary N) is 1. The number of carbonyl (C=O) groups excluding carboxylic acids is 2. The van der Waals surface area contributed by atoms with Gasteiger partial charge >= 0.3 is 0 Å². The van der Waals surface area contributed by atoms with Gasteiger partial charge in [0.15, 0.2) is 0 Å². The molecule has 0 aromatic heterocycles. The molecule has 0 spiro atoms. The molecule has 41 heavy (non-hydrogen) atoms. The van der Waals surface area contributed by atoms with E-state index in [0.29, 0.717) is 20.6 Å². The van der Waals surface area contributed by atoms with E-state index in [1.807, 2.05) is 27.7 Å². The Morgan fingerprint density at radius 1 is 0.927 bits per heavy atom. The largest absolute Gasteiger partial charge is 0.350 e. The summed E-state index contributed by atoms with van der Waals surface area (Å²) in [7, 11) is -4.21. The van der Waals surface area contributed by atoms with E-state index < -0.39 is 34.1 Å². The minimum Gasteiger partial charge on any atom is -0.350 e. The third-order valence-corrected chi connectivity index (χ3v) is 8.99. The maximum atomic E-state index is 14.2. The Morgan fingerprint density at radius 3 is 2.05 bits per heavy atom. The van der Waals surface area contributed by atoms with Gasteiger partial charge in [0.2, 0.25) is 11.8 Å². The SMILES string of the molecule is CC[C@H](C(=O)NC(C)(C)C)N(Cc1c(Cl)cccc1Cl)C(=O)CN(c1cccc(Cl)c1)S(=O)(=O)c1ccc(C)cc1. The van der Waals surface area contributed by atoms with Crippen LogP contribution in [0.3, 0.4) is 0 Å². The molecule has 2 amide bonds. The van der Waals surface area contributed by atoms with Gasteiger partial charge < -0.3 is 10.2 Å². The van der Waals surface area contributed by atoms with Crippen LogP contribution < -0.4 is 9.62 Å². The number of amides is 2. The van der Waals surface area contributed by atoms with E-state index in [1.54, 1.807) is 55.5 Å². The summed E-state index contributed by atoms with van der Waals surface area (Å²) in [6.45, 7) is 8.43. The summed E-state index contributed by atoms with van der Waals surface area (Å²) in [4.78, 5) is 28.9. The van der Waals surface area contributed by atoms with Crippen LogP contribution in [0.1, 0.15) is 45.2 Å². The number of benzene rings is 3. The number of halogens is 3. The summed E-state index contributed by atoms with van der Waals surface area (Å²) in [5.41, 5.74) is 0.965. The monoisotopic (exact) mass is 637 g/mol. The second-order valence-corrected chi connectivity index (χ2v) is 13.8. The van der Waals surface area contributed by atoms with Crippen LogP contribution in [-0.4, -0.2) is 43.3 Å². The molecular formula is C30H34Cl3N3O4S. The quantitative estimate of drug-likeness (QED) is 0.263. The first kappa shape index (κ1) is 32.7.